The zero-order valence-corrected chi connectivity index (χ0v) is 12.6. The summed E-state index contributed by atoms with van der Waals surface area (Å²) in [5.41, 5.74) is 1.46. The van der Waals surface area contributed by atoms with E-state index in [1.165, 1.54) is 15.3 Å². The molecule has 0 N–H and O–H groups in total. The fraction of sp³-hybridized carbons (Fsp3) is 0.357. The van der Waals surface area contributed by atoms with Crippen molar-refractivity contribution in [2.24, 2.45) is 0 Å². The number of aromatic nitrogens is 2. The van der Waals surface area contributed by atoms with E-state index in [1.807, 2.05) is 23.1 Å². The Labute approximate surface area is 115 Å². The first-order valence-corrected chi connectivity index (χ1v) is 8.15. The molecule has 0 saturated heterocycles. The number of benzene rings is 1. The molecule has 0 amide bonds. The molecule has 4 heteroatoms. The molecule has 18 heavy (non-hydrogen) atoms. The molecule has 0 saturated carbocycles. The van der Waals surface area contributed by atoms with Crippen molar-refractivity contribution in [2.75, 3.05) is 14.1 Å². The molecule has 0 aliphatic carbocycles. The standard InChI is InChI=1S/C14H19N3Se/c1-16(2)12-13-6-3-4-7-14(13)18-11-10-17-9-5-8-15-17/h3-9H,10-12H2,1-2H3. The third-order valence-electron chi connectivity index (χ3n) is 2.60. The van der Waals surface area contributed by atoms with Gasteiger partial charge in [-0.3, -0.25) is 0 Å². The average molecular weight is 308 g/mol. The van der Waals surface area contributed by atoms with E-state index in [2.05, 4.69) is 48.4 Å². The Morgan fingerprint density at radius 2 is 2.06 bits per heavy atom. The summed E-state index contributed by atoms with van der Waals surface area (Å²) in [5, 5.41) is 5.43. The van der Waals surface area contributed by atoms with Crippen LogP contribution < -0.4 is 4.46 Å². The van der Waals surface area contributed by atoms with Crippen molar-refractivity contribution in [3.63, 3.8) is 0 Å². The monoisotopic (exact) mass is 309 g/mol. The molecule has 1 aromatic carbocycles. The Kier molecular flexibility index (Phi) is 5.00. The molecule has 3 nitrogen and oxygen atoms in total. The molecule has 2 aromatic rings. The van der Waals surface area contributed by atoms with Crippen LogP contribution in [0.4, 0.5) is 0 Å². The molecule has 0 aliphatic heterocycles. The van der Waals surface area contributed by atoms with Gasteiger partial charge in [0.2, 0.25) is 0 Å². The second-order valence-corrected chi connectivity index (χ2v) is 6.85. The summed E-state index contributed by atoms with van der Waals surface area (Å²) in [5.74, 6) is 0. The van der Waals surface area contributed by atoms with Gasteiger partial charge < -0.3 is 0 Å². The summed E-state index contributed by atoms with van der Waals surface area (Å²) in [7, 11) is 4.24. The van der Waals surface area contributed by atoms with Crippen LogP contribution in [0.1, 0.15) is 5.56 Å². The van der Waals surface area contributed by atoms with E-state index in [0.29, 0.717) is 15.0 Å². The van der Waals surface area contributed by atoms with Gasteiger partial charge in [-0.05, 0) is 0 Å². The summed E-state index contributed by atoms with van der Waals surface area (Å²) in [6, 6.07) is 10.8. The SMILES string of the molecule is CN(C)Cc1ccccc1[Se]CCn1cccn1. The quantitative estimate of drug-likeness (QED) is 0.752. The molecule has 0 unspecified atom stereocenters. The minimum atomic E-state index is 0.526. The van der Waals surface area contributed by atoms with E-state index in [1.54, 1.807) is 0 Å². The van der Waals surface area contributed by atoms with E-state index >= 15 is 0 Å². The van der Waals surface area contributed by atoms with Gasteiger partial charge in [0.15, 0.2) is 0 Å². The van der Waals surface area contributed by atoms with Crippen LogP contribution in [0.15, 0.2) is 42.7 Å². The van der Waals surface area contributed by atoms with Gasteiger partial charge in [0, 0.05) is 0 Å². The maximum absolute atomic E-state index is 4.24. The second kappa shape index (κ2) is 6.74. The molecule has 0 aliphatic rings. The van der Waals surface area contributed by atoms with Gasteiger partial charge >= 0.3 is 115 Å². The first kappa shape index (κ1) is 13.3. The predicted octanol–water partition coefficient (Wildman–Crippen LogP) is 1.39. The van der Waals surface area contributed by atoms with Gasteiger partial charge in [-0.2, -0.15) is 0 Å². The van der Waals surface area contributed by atoms with E-state index in [-0.39, 0.29) is 0 Å². The van der Waals surface area contributed by atoms with Crippen LogP contribution in [-0.2, 0) is 13.1 Å². The van der Waals surface area contributed by atoms with Crippen LogP contribution >= 0.6 is 0 Å². The average Bonchev–Trinajstić information content (AvgIpc) is 2.84. The van der Waals surface area contributed by atoms with Crippen LogP contribution in [0.2, 0.25) is 5.32 Å². The van der Waals surface area contributed by atoms with Gasteiger partial charge in [-0.25, -0.2) is 0 Å². The normalized spacial score (nSPS) is 11.1. The summed E-state index contributed by atoms with van der Waals surface area (Å²) in [6.07, 6.45) is 3.87. The van der Waals surface area contributed by atoms with Crippen LogP contribution in [-0.4, -0.2) is 43.7 Å². The zero-order chi connectivity index (χ0) is 12.8. The Bertz CT molecular complexity index is 466. The number of hydrogen-bond acceptors (Lipinski definition) is 2. The van der Waals surface area contributed by atoms with Crippen molar-refractivity contribution >= 4 is 19.4 Å². The van der Waals surface area contributed by atoms with E-state index in [9.17, 15) is 0 Å². The maximum atomic E-state index is 4.24. The Balaban J connectivity index is 1.92. The first-order valence-electron chi connectivity index (χ1n) is 6.08. The first-order chi connectivity index (χ1) is 8.75. The number of nitrogens with zero attached hydrogens (tertiary/aromatic N) is 3. The van der Waals surface area contributed by atoms with E-state index in [4.69, 9.17) is 0 Å². The molecule has 1 heterocycles. The molecule has 0 atom stereocenters. The van der Waals surface area contributed by atoms with Crippen LogP contribution in [0.3, 0.4) is 0 Å². The zero-order valence-electron chi connectivity index (χ0n) is 10.9. The fourth-order valence-corrected chi connectivity index (χ4v) is 3.88. The predicted molar refractivity (Wildman–Crippen MR) is 76.3 cm³/mol. The molecule has 0 bridgehead atoms. The molecular formula is C14H19N3Se. The van der Waals surface area contributed by atoms with Crippen molar-refractivity contribution in [1.29, 1.82) is 0 Å². The molecule has 1 aromatic heterocycles. The number of rotatable bonds is 6. The van der Waals surface area contributed by atoms with Crippen molar-refractivity contribution in [2.45, 2.75) is 18.4 Å². The molecule has 2 rings (SSSR count). The molecule has 0 spiro atoms. The summed E-state index contributed by atoms with van der Waals surface area (Å²) in [4.78, 5) is 2.22. The molecule has 0 radical (unpaired) electrons. The van der Waals surface area contributed by atoms with Gasteiger partial charge in [-0.1, -0.05) is 0 Å². The Hall–Kier alpha value is -1.09. The topological polar surface area (TPSA) is 21.1 Å². The van der Waals surface area contributed by atoms with Gasteiger partial charge in [-0.15, -0.1) is 0 Å². The Morgan fingerprint density at radius 3 is 2.78 bits per heavy atom. The third-order valence-corrected chi connectivity index (χ3v) is 4.90. The van der Waals surface area contributed by atoms with Crippen molar-refractivity contribution in [3.05, 3.63) is 48.3 Å². The van der Waals surface area contributed by atoms with Crippen molar-refractivity contribution in [3.8, 4) is 0 Å². The van der Waals surface area contributed by atoms with Crippen molar-refractivity contribution in [1.82, 2.24) is 14.7 Å². The van der Waals surface area contributed by atoms with Crippen LogP contribution in [0.25, 0.3) is 0 Å². The second-order valence-electron chi connectivity index (χ2n) is 4.46. The molecular weight excluding hydrogens is 289 g/mol. The summed E-state index contributed by atoms with van der Waals surface area (Å²) in [6.45, 7) is 2.04. The van der Waals surface area contributed by atoms with Crippen LogP contribution in [0, 0.1) is 0 Å². The van der Waals surface area contributed by atoms with Crippen LogP contribution in [0.5, 0.6) is 0 Å². The van der Waals surface area contributed by atoms with Crippen molar-refractivity contribution < 1.29 is 0 Å². The number of aryl methyl sites for hydroxylation is 1. The molecule has 0 fully saturated rings. The van der Waals surface area contributed by atoms with E-state index in [0.717, 1.165) is 13.1 Å². The Morgan fingerprint density at radius 1 is 1.22 bits per heavy atom. The number of hydrogen-bond donors (Lipinski definition) is 0. The summed E-state index contributed by atoms with van der Waals surface area (Å²) < 4.78 is 3.53. The van der Waals surface area contributed by atoms with Gasteiger partial charge in [0.25, 0.3) is 0 Å². The van der Waals surface area contributed by atoms with Gasteiger partial charge in [0.1, 0.15) is 0 Å². The molecule has 96 valence electrons. The minimum absolute atomic E-state index is 0.526. The van der Waals surface area contributed by atoms with E-state index < -0.39 is 0 Å². The fourth-order valence-electron chi connectivity index (χ4n) is 1.80. The summed E-state index contributed by atoms with van der Waals surface area (Å²) >= 11 is 0.526. The third kappa shape index (κ3) is 3.98. The van der Waals surface area contributed by atoms with Gasteiger partial charge in [0.05, 0.1) is 0 Å².